The van der Waals surface area contributed by atoms with Gasteiger partial charge < -0.3 is 15.0 Å². The first-order valence-corrected chi connectivity index (χ1v) is 3.92. The predicted molar refractivity (Wildman–Crippen MR) is 42.9 cm³/mol. The van der Waals surface area contributed by atoms with Crippen molar-refractivity contribution in [3.63, 3.8) is 0 Å². The highest BCUT2D eigenvalue weighted by Crippen LogP contribution is 2.19. The van der Waals surface area contributed by atoms with Crippen molar-refractivity contribution in [1.29, 1.82) is 0 Å². The fourth-order valence-electron chi connectivity index (χ4n) is 1.43. The van der Waals surface area contributed by atoms with E-state index in [9.17, 15) is 14.4 Å². The van der Waals surface area contributed by atoms with E-state index in [-0.39, 0.29) is 6.41 Å². The van der Waals surface area contributed by atoms with Gasteiger partial charge in [-0.05, 0) is 0 Å². The molecule has 78 valence electrons. The highest BCUT2D eigenvalue weighted by molar-refractivity contribution is 5.92. The molecule has 3 amide bonds. The number of carbonyl (C=O) groups excluding carboxylic acids is 3. The van der Waals surface area contributed by atoms with Crippen molar-refractivity contribution in [3.05, 3.63) is 0 Å². The van der Waals surface area contributed by atoms with Gasteiger partial charge in [0.05, 0.1) is 12.6 Å². The third-order valence-electron chi connectivity index (χ3n) is 2.17. The zero-order chi connectivity index (χ0) is 10.7. The molecule has 1 fully saturated rings. The molecule has 2 atom stereocenters. The van der Waals surface area contributed by atoms with Gasteiger partial charge in [-0.2, -0.15) is 0 Å². The number of amides is 3. The van der Waals surface area contributed by atoms with Crippen molar-refractivity contribution >= 4 is 18.7 Å². The van der Waals surface area contributed by atoms with Crippen LogP contribution in [0.4, 0.5) is 4.79 Å². The second kappa shape index (κ2) is 4.16. The van der Waals surface area contributed by atoms with Gasteiger partial charge in [-0.3, -0.25) is 14.6 Å². The predicted octanol–water partition coefficient (Wildman–Crippen LogP) is -2.24. The summed E-state index contributed by atoms with van der Waals surface area (Å²) in [5.41, 5.74) is 0. The van der Waals surface area contributed by atoms with Crippen molar-refractivity contribution in [3.8, 4) is 0 Å². The minimum Gasteiger partial charge on any atom is -0.394 e. The molecular weight excluding hydrogens is 192 g/mol. The number of aliphatic hydroxyl groups excluding tert-OH is 2. The Balaban J connectivity index is 2.98. The molecule has 0 aliphatic carbocycles. The Morgan fingerprint density at radius 1 is 1.36 bits per heavy atom. The molecule has 1 rings (SSSR count). The first kappa shape index (κ1) is 10.6. The maximum atomic E-state index is 11.3. The first-order chi connectivity index (χ1) is 6.71. The Kier molecular flexibility index (Phi) is 3.15. The quantitative estimate of drug-likeness (QED) is 0.502. The molecule has 2 unspecified atom stereocenters. The molecule has 0 bridgehead atoms. The van der Waals surface area contributed by atoms with E-state index in [1.54, 1.807) is 0 Å². The van der Waals surface area contributed by atoms with Gasteiger partial charge >= 0.3 is 6.03 Å². The number of imide groups is 1. The van der Waals surface area contributed by atoms with Crippen LogP contribution in [0.2, 0.25) is 0 Å². The highest BCUT2D eigenvalue weighted by Gasteiger charge is 2.45. The van der Waals surface area contributed by atoms with Crippen molar-refractivity contribution in [1.82, 2.24) is 9.80 Å². The third-order valence-corrected chi connectivity index (χ3v) is 2.17. The standard InChI is InChI=1S/C7H10N2O5/c10-1-5-6(2-11)9(4-13)7(14)8(5)3-12/h1,3,5-6,11,13H,2,4H2. The second-order valence-corrected chi connectivity index (χ2v) is 2.78. The molecular formula is C7H10N2O5. The van der Waals surface area contributed by atoms with Crippen molar-refractivity contribution < 1.29 is 24.6 Å². The minimum atomic E-state index is -1.03. The van der Waals surface area contributed by atoms with Gasteiger partial charge in [0, 0.05) is 0 Å². The van der Waals surface area contributed by atoms with Crippen LogP contribution in [0.25, 0.3) is 0 Å². The fourth-order valence-corrected chi connectivity index (χ4v) is 1.43. The molecule has 2 N–H and O–H groups in total. The average molecular weight is 202 g/mol. The lowest BCUT2D eigenvalue weighted by molar-refractivity contribution is -0.122. The lowest BCUT2D eigenvalue weighted by atomic mass is 10.1. The molecule has 0 aromatic rings. The normalized spacial score (nSPS) is 26.9. The number of aliphatic hydroxyl groups is 2. The Morgan fingerprint density at radius 2 is 2.00 bits per heavy atom. The van der Waals surface area contributed by atoms with Gasteiger partial charge in [-0.15, -0.1) is 0 Å². The molecule has 0 radical (unpaired) electrons. The third kappa shape index (κ3) is 1.36. The monoisotopic (exact) mass is 202 g/mol. The summed E-state index contributed by atoms with van der Waals surface area (Å²) >= 11 is 0. The smallest absolute Gasteiger partial charge is 0.329 e. The molecule has 1 aliphatic rings. The Morgan fingerprint density at radius 3 is 2.36 bits per heavy atom. The van der Waals surface area contributed by atoms with Crippen LogP contribution in [-0.4, -0.2) is 64.2 Å². The number of carbonyl (C=O) groups is 3. The number of aldehydes is 1. The summed E-state index contributed by atoms with van der Waals surface area (Å²) in [7, 11) is 0. The fraction of sp³-hybridized carbons (Fsp3) is 0.571. The van der Waals surface area contributed by atoms with E-state index >= 15 is 0 Å². The molecule has 1 saturated heterocycles. The second-order valence-electron chi connectivity index (χ2n) is 2.78. The van der Waals surface area contributed by atoms with E-state index in [0.29, 0.717) is 11.2 Å². The topological polar surface area (TPSA) is 98.2 Å². The summed E-state index contributed by atoms with van der Waals surface area (Å²) in [5, 5.41) is 17.7. The van der Waals surface area contributed by atoms with Gasteiger partial charge in [0.15, 0.2) is 0 Å². The first-order valence-electron chi connectivity index (χ1n) is 3.92. The molecule has 1 heterocycles. The van der Waals surface area contributed by atoms with Crippen LogP contribution in [0, 0.1) is 0 Å². The zero-order valence-corrected chi connectivity index (χ0v) is 7.24. The van der Waals surface area contributed by atoms with E-state index in [1.165, 1.54) is 0 Å². The maximum Gasteiger partial charge on any atom is 0.329 e. The van der Waals surface area contributed by atoms with E-state index < -0.39 is 31.5 Å². The van der Waals surface area contributed by atoms with E-state index in [1.807, 2.05) is 0 Å². The van der Waals surface area contributed by atoms with Crippen LogP contribution < -0.4 is 0 Å². The Hall–Kier alpha value is -1.47. The van der Waals surface area contributed by atoms with Crippen molar-refractivity contribution in [2.45, 2.75) is 12.1 Å². The van der Waals surface area contributed by atoms with Crippen molar-refractivity contribution in [2.75, 3.05) is 13.3 Å². The summed E-state index contributed by atoms with van der Waals surface area (Å²) in [6.45, 7) is -1.13. The molecule has 1 aliphatic heterocycles. The van der Waals surface area contributed by atoms with Gasteiger partial charge in [0.1, 0.15) is 19.1 Å². The highest BCUT2D eigenvalue weighted by atomic mass is 16.3. The van der Waals surface area contributed by atoms with Crippen molar-refractivity contribution in [2.24, 2.45) is 0 Å². The number of nitrogens with zero attached hydrogens (tertiary/aromatic N) is 2. The van der Waals surface area contributed by atoms with Crippen LogP contribution >= 0.6 is 0 Å². The van der Waals surface area contributed by atoms with Crippen LogP contribution in [0.15, 0.2) is 0 Å². The summed E-state index contributed by atoms with van der Waals surface area (Å²) < 4.78 is 0. The van der Waals surface area contributed by atoms with Crippen LogP contribution in [0.5, 0.6) is 0 Å². The van der Waals surface area contributed by atoms with E-state index in [4.69, 9.17) is 10.2 Å². The maximum absolute atomic E-state index is 11.3. The van der Waals surface area contributed by atoms with Gasteiger partial charge in [0.2, 0.25) is 6.41 Å². The molecule has 7 heteroatoms. The summed E-state index contributed by atoms with van der Waals surface area (Å²) in [5.74, 6) is 0. The largest absolute Gasteiger partial charge is 0.394 e. The number of hydrogen-bond acceptors (Lipinski definition) is 5. The summed E-state index contributed by atoms with van der Waals surface area (Å²) in [6.07, 6.45) is 0.600. The van der Waals surface area contributed by atoms with E-state index in [2.05, 4.69) is 0 Å². The molecule has 14 heavy (non-hydrogen) atoms. The van der Waals surface area contributed by atoms with Crippen LogP contribution in [0.1, 0.15) is 0 Å². The van der Waals surface area contributed by atoms with Crippen LogP contribution in [0.3, 0.4) is 0 Å². The average Bonchev–Trinajstić information content (AvgIpc) is 2.48. The molecule has 0 spiro atoms. The molecule has 0 saturated carbocycles. The van der Waals surface area contributed by atoms with Gasteiger partial charge in [0.25, 0.3) is 0 Å². The number of urea groups is 1. The molecule has 0 aromatic heterocycles. The Labute approximate surface area is 79.5 Å². The van der Waals surface area contributed by atoms with Gasteiger partial charge in [-0.1, -0.05) is 0 Å². The molecule has 7 nitrogen and oxygen atoms in total. The zero-order valence-electron chi connectivity index (χ0n) is 7.24. The lowest BCUT2D eigenvalue weighted by Gasteiger charge is -2.19. The SMILES string of the molecule is O=CC1C(CO)N(CO)C(=O)N1C=O. The van der Waals surface area contributed by atoms with Gasteiger partial charge in [-0.25, -0.2) is 4.79 Å². The Bertz CT molecular complexity index is 256. The molecule has 0 aromatic carbocycles. The summed E-state index contributed by atoms with van der Waals surface area (Å²) in [6, 6.07) is -2.68. The summed E-state index contributed by atoms with van der Waals surface area (Å²) in [4.78, 5) is 33.8. The van der Waals surface area contributed by atoms with Crippen LogP contribution in [-0.2, 0) is 9.59 Å². The van der Waals surface area contributed by atoms with E-state index in [0.717, 1.165) is 4.90 Å². The lowest BCUT2D eigenvalue weighted by Crippen LogP contribution is -2.41. The minimum absolute atomic E-state index is 0.208. The number of rotatable bonds is 4. The number of hydrogen-bond donors (Lipinski definition) is 2.